The second kappa shape index (κ2) is 5.13. The average Bonchev–Trinajstić information content (AvgIpc) is 2.35. The van der Waals surface area contributed by atoms with Crippen molar-refractivity contribution in [3.8, 4) is 0 Å². The SMILES string of the molecule is CC(C)c1ccc2nc(C(C)(C)C)cc(CCl)c2c1. The zero-order valence-corrected chi connectivity index (χ0v) is 13.2. The van der Waals surface area contributed by atoms with Gasteiger partial charge in [-0.15, -0.1) is 11.6 Å². The van der Waals surface area contributed by atoms with Gasteiger partial charge in [-0.1, -0.05) is 40.7 Å². The first-order valence-corrected chi connectivity index (χ1v) is 7.36. The zero-order valence-electron chi connectivity index (χ0n) is 12.4. The number of hydrogen-bond acceptors (Lipinski definition) is 1. The summed E-state index contributed by atoms with van der Waals surface area (Å²) in [5.74, 6) is 1.05. The summed E-state index contributed by atoms with van der Waals surface area (Å²) in [5, 5.41) is 1.19. The molecule has 0 radical (unpaired) electrons. The van der Waals surface area contributed by atoms with Gasteiger partial charge in [0.15, 0.2) is 0 Å². The summed E-state index contributed by atoms with van der Waals surface area (Å²) < 4.78 is 0. The summed E-state index contributed by atoms with van der Waals surface area (Å²) in [6.07, 6.45) is 0. The lowest BCUT2D eigenvalue weighted by molar-refractivity contribution is 0.571. The number of nitrogens with zero attached hydrogens (tertiary/aromatic N) is 1. The van der Waals surface area contributed by atoms with Gasteiger partial charge in [0, 0.05) is 22.4 Å². The van der Waals surface area contributed by atoms with Crippen LogP contribution in [0.4, 0.5) is 0 Å². The number of aromatic nitrogens is 1. The van der Waals surface area contributed by atoms with Crippen molar-refractivity contribution in [1.29, 1.82) is 0 Å². The van der Waals surface area contributed by atoms with Crippen molar-refractivity contribution >= 4 is 22.5 Å². The topological polar surface area (TPSA) is 12.9 Å². The monoisotopic (exact) mass is 275 g/mol. The summed E-state index contributed by atoms with van der Waals surface area (Å²) in [6.45, 7) is 11.0. The van der Waals surface area contributed by atoms with Gasteiger partial charge in [-0.25, -0.2) is 0 Å². The predicted molar refractivity (Wildman–Crippen MR) is 84.1 cm³/mol. The Balaban J connectivity index is 2.70. The highest BCUT2D eigenvalue weighted by molar-refractivity contribution is 6.18. The standard InChI is InChI=1S/C17H22ClN/c1-11(2)12-6-7-15-14(8-12)13(10-18)9-16(19-15)17(3,4)5/h6-9,11H,10H2,1-5H3. The number of rotatable bonds is 2. The molecule has 1 heterocycles. The molecule has 0 saturated heterocycles. The first kappa shape index (κ1) is 14.3. The van der Waals surface area contributed by atoms with Gasteiger partial charge in [-0.2, -0.15) is 0 Å². The maximum absolute atomic E-state index is 6.13. The number of halogens is 1. The Hall–Kier alpha value is -1.08. The summed E-state index contributed by atoms with van der Waals surface area (Å²) in [5.41, 5.74) is 4.72. The van der Waals surface area contributed by atoms with E-state index < -0.39 is 0 Å². The van der Waals surface area contributed by atoms with E-state index >= 15 is 0 Å². The Morgan fingerprint density at radius 2 is 1.84 bits per heavy atom. The van der Waals surface area contributed by atoms with Crippen LogP contribution in [0.3, 0.4) is 0 Å². The van der Waals surface area contributed by atoms with Crippen LogP contribution in [0.1, 0.15) is 57.4 Å². The molecule has 2 rings (SSSR count). The first-order chi connectivity index (χ1) is 8.82. The third-order valence-corrected chi connectivity index (χ3v) is 3.79. The Bertz CT molecular complexity index is 594. The van der Waals surface area contributed by atoms with Crippen LogP contribution in [0.25, 0.3) is 10.9 Å². The van der Waals surface area contributed by atoms with Crippen molar-refractivity contribution in [2.24, 2.45) is 0 Å². The van der Waals surface area contributed by atoms with Gasteiger partial charge in [-0.05, 0) is 35.2 Å². The van der Waals surface area contributed by atoms with Crippen LogP contribution in [0.2, 0.25) is 0 Å². The molecule has 0 saturated carbocycles. The lowest BCUT2D eigenvalue weighted by Gasteiger charge is -2.20. The molecule has 1 aromatic carbocycles. The third-order valence-electron chi connectivity index (χ3n) is 3.50. The Kier molecular flexibility index (Phi) is 3.87. The van der Waals surface area contributed by atoms with Crippen molar-refractivity contribution in [2.45, 2.75) is 51.8 Å². The quantitative estimate of drug-likeness (QED) is 0.669. The Labute approximate surface area is 121 Å². The second-order valence-corrected chi connectivity index (χ2v) is 6.75. The molecule has 1 aromatic heterocycles. The normalized spacial score (nSPS) is 12.4. The number of pyridine rings is 1. The van der Waals surface area contributed by atoms with Gasteiger partial charge in [0.05, 0.1) is 5.52 Å². The molecular weight excluding hydrogens is 254 g/mol. The van der Waals surface area contributed by atoms with E-state index in [1.807, 2.05) is 0 Å². The van der Waals surface area contributed by atoms with Gasteiger partial charge < -0.3 is 0 Å². The largest absolute Gasteiger partial charge is 0.252 e. The highest BCUT2D eigenvalue weighted by atomic mass is 35.5. The predicted octanol–water partition coefficient (Wildman–Crippen LogP) is 5.39. The molecular formula is C17H22ClN. The minimum Gasteiger partial charge on any atom is -0.252 e. The molecule has 0 fully saturated rings. The van der Waals surface area contributed by atoms with Crippen LogP contribution in [-0.2, 0) is 11.3 Å². The van der Waals surface area contributed by atoms with Crippen LogP contribution in [-0.4, -0.2) is 4.98 Å². The van der Waals surface area contributed by atoms with E-state index in [-0.39, 0.29) is 5.41 Å². The van der Waals surface area contributed by atoms with Gasteiger partial charge in [0.1, 0.15) is 0 Å². The van der Waals surface area contributed by atoms with E-state index in [0.717, 1.165) is 11.2 Å². The molecule has 19 heavy (non-hydrogen) atoms. The number of alkyl halides is 1. The van der Waals surface area contributed by atoms with Crippen LogP contribution >= 0.6 is 11.6 Å². The maximum Gasteiger partial charge on any atom is 0.0708 e. The fourth-order valence-corrected chi connectivity index (χ4v) is 2.39. The smallest absolute Gasteiger partial charge is 0.0708 e. The van der Waals surface area contributed by atoms with Crippen molar-refractivity contribution in [3.63, 3.8) is 0 Å². The van der Waals surface area contributed by atoms with E-state index in [9.17, 15) is 0 Å². The molecule has 102 valence electrons. The summed E-state index contributed by atoms with van der Waals surface area (Å²) in [7, 11) is 0. The molecule has 2 heteroatoms. The summed E-state index contributed by atoms with van der Waals surface area (Å²) in [6, 6.07) is 8.68. The highest BCUT2D eigenvalue weighted by Gasteiger charge is 2.18. The fraction of sp³-hybridized carbons (Fsp3) is 0.471. The minimum absolute atomic E-state index is 0.0473. The third kappa shape index (κ3) is 2.92. The molecule has 0 aliphatic carbocycles. The number of hydrogen-bond donors (Lipinski definition) is 0. The lowest BCUT2D eigenvalue weighted by Crippen LogP contribution is -2.14. The van der Waals surface area contributed by atoms with Crippen molar-refractivity contribution in [3.05, 3.63) is 41.1 Å². The van der Waals surface area contributed by atoms with E-state index in [2.05, 4.69) is 58.9 Å². The molecule has 0 unspecified atom stereocenters. The molecule has 0 aliphatic heterocycles. The van der Waals surface area contributed by atoms with Crippen molar-refractivity contribution < 1.29 is 0 Å². The van der Waals surface area contributed by atoms with Gasteiger partial charge in [-0.3, -0.25) is 4.98 Å². The molecule has 0 amide bonds. The Morgan fingerprint density at radius 3 is 2.37 bits per heavy atom. The molecule has 0 spiro atoms. The average molecular weight is 276 g/mol. The van der Waals surface area contributed by atoms with E-state index in [4.69, 9.17) is 16.6 Å². The van der Waals surface area contributed by atoms with E-state index in [0.29, 0.717) is 11.8 Å². The number of fused-ring (bicyclic) bond motifs is 1. The highest BCUT2D eigenvalue weighted by Crippen LogP contribution is 2.29. The van der Waals surface area contributed by atoms with E-state index in [1.54, 1.807) is 0 Å². The van der Waals surface area contributed by atoms with E-state index in [1.165, 1.54) is 16.5 Å². The minimum atomic E-state index is 0.0473. The van der Waals surface area contributed by atoms with Crippen molar-refractivity contribution in [1.82, 2.24) is 4.98 Å². The van der Waals surface area contributed by atoms with Gasteiger partial charge in [0.25, 0.3) is 0 Å². The van der Waals surface area contributed by atoms with Crippen LogP contribution in [0, 0.1) is 0 Å². The maximum atomic E-state index is 6.13. The first-order valence-electron chi connectivity index (χ1n) is 6.83. The summed E-state index contributed by atoms with van der Waals surface area (Å²) >= 11 is 6.13. The summed E-state index contributed by atoms with van der Waals surface area (Å²) in [4.78, 5) is 4.80. The van der Waals surface area contributed by atoms with Crippen LogP contribution in [0.5, 0.6) is 0 Å². The Morgan fingerprint density at radius 1 is 1.16 bits per heavy atom. The molecule has 0 aliphatic rings. The molecule has 0 atom stereocenters. The lowest BCUT2D eigenvalue weighted by atomic mass is 9.89. The van der Waals surface area contributed by atoms with Gasteiger partial charge in [0.2, 0.25) is 0 Å². The molecule has 1 nitrogen and oxygen atoms in total. The zero-order chi connectivity index (χ0) is 14.2. The fourth-order valence-electron chi connectivity index (χ4n) is 2.17. The van der Waals surface area contributed by atoms with Gasteiger partial charge >= 0.3 is 0 Å². The molecule has 2 aromatic rings. The van der Waals surface area contributed by atoms with Crippen LogP contribution < -0.4 is 0 Å². The second-order valence-electron chi connectivity index (χ2n) is 6.48. The van der Waals surface area contributed by atoms with Crippen LogP contribution in [0.15, 0.2) is 24.3 Å². The molecule has 0 bridgehead atoms. The van der Waals surface area contributed by atoms with Crippen molar-refractivity contribution in [2.75, 3.05) is 0 Å². The molecule has 0 N–H and O–H groups in total. The number of benzene rings is 1.